The SMILES string of the molecule is CC[C@H]1O[C@@H](/C(C)=C/[C@H](C)/C=C/[C@H]2[C@@H](C)[C@@H]2C#C[C@@H]2O[C@H](CCOCc3ccccc3)C[C@H](OCc3ccccc3)[C@H]2OCc2ccccc2)CC=C1C. The molecule has 2 heterocycles. The third kappa shape index (κ3) is 11.6. The Balaban J connectivity index is 1.13. The van der Waals surface area contributed by atoms with E-state index >= 15 is 0 Å². The van der Waals surface area contributed by atoms with Gasteiger partial charge in [-0.05, 0) is 78.7 Å². The Morgan fingerprint density at radius 2 is 1.48 bits per heavy atom. The van der Waals surface area contributed by atoms with E-state index in [4.69, 9.17) is 23.7 Å². The maximum Gasteiger partial charge on any atom is 0.147 e. The van der Waals surface area contributed by atoms with Gasteiger partial charge < -0.3 is 23.7 Å². The molecule has 5 heteroatoms. The summed E-state index contributed by atoms with van der Waals surface area (Å²) in [5, 5.41) is 0. The molecular formula is C49H60O5. The first-order chi connectivity index (χ1) is 26.4. The smallest absolute Gasteiger partial charge is 0.147 e. The summed E-state index contributed by atoms with van der Waals surface area (Å²) < 4.78 is 32.7. The lowest BCUT2D eigenvalue weighted by molar-refractivity contribution is -0.194. The number of hydrogen-bond donors (Lipinski definition) is 0. The van der Waals surface area contributed by atoms with Crippen molar-refractivity contribution in [1.29, 1.82) is 0 Å². The predicted molar refractivity (Wildman–Crippen MR) is 217 cm³/mol. The summed E-state index contributed by atoms with van der Waals surface area (Å²) in [4.78, 5) is 0. The number of ether oxygens (including phenoxy) is 5. The highest BCUT2D eigenvalue weighted by Gasteiger charge is 2.45. The van der Waals surface area contributed by atoms with Crippen LogP contribution in [0, 0.1) is 35.5 Å². The minimum Gasteiger partial charge on any atom is -0.377 e. The van der Waals surface area contributed by atoms with E-state index in [1.165, 1.54) is 16.7 Å². The lowest BCUT2D eigenvalue weighted by Gasteiger charge is -2.40. The monoisotopic (exact) mass is 728 g/mol. The van der Waals surface area contributed by atoms with Gasteiger partial charge in [0.15, 0.2) is 0 Å². The molecule has 0 amide bonds. The second kappa shape index (κ2) is 20.2. The van der Waals surface area contributed by atoms with E-state index in [0.29, 0.717) is 44.2 Å². The fraction of sp³-hybridized carbons (Fsp3) is 0.469. The van der Waals surface area contributed by atoms with Crippen molar-refractivity contribution in [2.75, 3.05) is 6.61 Å². The zero-order chi connectivity index (χ0) is 37.7. The second-order valence-electron chi connectivity index (χ2n) is 15.4. The van der Waals surface area contributed by atoms with Crippen LogP contribution in [0.3, 0.4) is 0 Å². The summed E-state index contributed by atoms with van der Waals surface area (Å²) in [6.07, 6.45) is 12.3. The van der Waals surface area contributed by atoms with Gasteiger partial charge in [-0.2, -0.15) is 0 Å². The zero-order valence-corrected chi connectivity index (χ0v) is 32.9. The number of rotatable bonds is 16. The molecule has 0 radical (unpaired) electrons. The molecule has 0 N–H and O–H groups in total. The van der Waals surface area contributed by atoms with Crippen LogP contribution >= 0.6 is 0 Å². The molecule has 54 heavy (non-hydrogen) atoms. The molecule has 6 rings (SSSR count). The maximum absolute atomic E-state index is 6.79. The van der Waals surface area contributed by atoms with Crippen LogP contribution in [-0.4, -0.2) is 43.2 Å². The Labute approximate surface area is 324 Å². The quantitative estimate of drug-likeness (QED) is 0.0835. The van der Waals surface area contributed by atoms with Gasteiger partial charge in [0.2, 0.25) is 0 Å². The molecule has 10 atom stereocenters. The van der Waals surface area contributed by atoms with Gasteiger partial charge in [0.05, 0.1) is 44.2 Å². The van der Waals surface area contributed by atoms with Gasteiger partial charge in [0.1, 0.15) is 12.2 Å². The first-order valence-electron chi connectivity index (χ1n) is 20.2. The largest absolute Gasteiger partial charge is 0.377 e. The van der Waals surface area contributed by atoms with Crippen molar-refractivity contribution in [2.24, 2.45) is 23.7 Å². The number of allylic oxidation sites excluding steroid dienone is 3. The normalized spacial score (nSPS) is 28.9. The molecule has 286 valence electrons. The molecule has 3 aromatic carbocycles. The Kier molecular flexibility index (Phi) is 15.0. The van der Waals surface area contributed by atoms with Gasteiger partial charge >= 0.3 is 0 Å². The summed E-state index contributed by atoms with van der Waals surface area (Å²) >= 11 is 0. The summed E-state index contributed by atoms with van der Waals surface area (Å²) in [6.45, 7) is 13.3. The summed E-state index contributed by atoms with van der Waals surface area (Å²) in [7, 11) is 0. The number of benzene rings is 3. The van der Waals surface area contributed by atoms with Crippen molar-refractivity contribution in [1.82, 2.24) is 0 Å². The predicted octanol–water partition coefficient (Wildman–Crippen LogP) is 10.5. The van der Waals surface area contributed by atoms with Crippen LogP contribution in [0.15, 0.2) is 126 Å². The fourth-order valence-electron chi connectivity index (χ4n) is 7.68. The average molecular weight is 729 g/mol. The molecule has 1 saturated heterocycles. The second-order valence-corrected chi connectivity index (χ2v) is 15.4. The molecule has 0 unspecified atom stereocenters. The van der Waals surface area contributed by atoms with Crippen LogP contribution in [0.2, 0.25) is 0 Å². The first-order valence-corrected chi connectivity index (χ1v) is 20.2. The fourth-order valence-corrected chi connectivity index (χ4v) is 7.68. The van der Waals surface area contributed by atoms with Crippen LogP contribution < -0.4 is 0 Å². The third-order valence-corrected chi connectivity index (χ3v) is 11.2. The number of hydrogen-bond acceptors (Lipinski definition) is 5. The van der Waals surface area contributed by atoms with Crippen molar-refractivity contribution in [3.8, 4) is 11.8 Å². The molecule has 1 aliphatic carbocycles. The molecule has 3 aromatic rings. The zero-order valence-electron chi connectivity index (χ0n) is 32.9. The summed E-state index contributed by atoms with van der Waals surface area (Å²) in [6, 6.07) is 31.0. The topological polar surface area (TPSA) is 46.2 Å². The standard InChI is InChI=1S/C49H60O5/c1-6-45-36(3)23-26-46(54-45)37(4)30-35(2)22-24-43-38(5)44(43)25-27-47-49(52-34-41-20-14-9-15-21-41)48(51-33-40-18-12-8-13-19-40)31-42(53-47)28-29-50-32-39-16-10-7-11-17-39/h7-24,30,35,38,42-49H,6,26,28-29,31-34H2,1-5H3/b24-22+,37-30+/t35-,38-,42-,43+,44+,45-,46-,47+,48+,49+/m1/s1. The Hall–Kier alpha value is -3.76. The van der Waals surface area contributed by atoms with Gasteiger partial charge in [-0.1, -0.05) is 148 Å². The van der Waals surface area contributed by atoms with E-state index in [2.05, 4.69) is 119 Å². The lowest BCUT2D eigenvalue weighted by atomic mass is 9.95. The maximum atomic E-state index is 6.79. The van der Waals surface area contributed by atoms with Crippen molar-refractivity contribution in [3.05, 3.63) is 143 Å². The van der Waals surface area contributed by atoms with Crippen molar-refractivity contribution >= 4 is 0 Å². The summed E-state index contributed by atoms with van der Waals surface area (Å²) in [5.41, 5.74) is 6.10. The van der Waals surface area contributed by atoms with Gasteiger partial charge in [-0.3, -0.25) is 0 Å². The van der Waals surface area contributed by atoms with E-state index < -0.39 is 6.10 Å². The van der Waals surface area contributed by atoms with Gasteiger partial charge in [-0.25, -0.2) is 0 Å². The first kappa shape index (κ1) is 39.9. The van der Waals surface area contributed by atoms with Crippen LogP contribution in [0.5, 0.6) is 0 Å². The van der Waals surface area contributed by atoms with Crippen LogP contribution in [0.4, 0.5) is 0 Å². The van der Waals surface area contributed by atoms with E-state index in [-0.39, 0.29) is 36.4 Å². The Morgan fingerprint density at radius 1 is 0.852 bits per heavy atom. The molecule has 2 aliphatic heterocycles. The molecule has 1 saturated carbocycles. The van der Waals surface area contributed by atoms with E-state index in [1.807, 2.05) is 42.5 Å². The molecule has 3 aliphatic rings. The van der Waals surface area contributed by atoms with Crippen LogP contribution in [0.1, 0.15) is 77.0 Å². The van der Waals surface area contributed by atoms with Crippen molar-refractivity contribution in [2.45, 2.75) is 117 Å². The average Bonchev–Trinajstić information content (AvgIpc) is 3.84. The Morgan fingerprint density at radius 3 is 2.13 bits per heavy atom. The van der Waals surface area contributed by atoms with Gasteiger partial charge in [0.25, 0.3) is 0 Å². The highest BCUT2D eigenvalue weighted by atomic mass is 16.6. The van der Waals surface area contributed by atoms with Crippen LogP contribution in [0.25, 0.3) is 0 Å². The highest BCUT2D eigenvalue weighted by Crippen LogP contribution is 2.47. The minimum absolute atomic E-state index is 0.0548. The van der Waals surface area contributed by atoms with Crippen molar-refractivity contribution in [3.63, 3.8) is 0 Å². The molecule has 2 fully saturated rings. The van der Waals surface area contributed by atoms with Crippen molar-refractivity contribution < 1.29 is 23.7 Å². The molecular weight excluding hydrogens is 669 g/mol. The van der Waals surface area contributed by atoms with Gasteiger partial charge in [0, 0.05) is 18.9 Å². The lowest BCUT2D eigenvalue weighted by Crippen LogP contribution is -2.50. The minimum atomic E-state index is -0.413. The van der Waals surface area contributed by atoms with Gasteiger partial charge in [-0.15, -0.1) is 0 Å². The van der Waals surface area contributed by atoms with E-state index in [0.717, 1.165) is 36.8 Å². The van der Waals surface area contributed by atoms with E-state index in [9.17, 15) is 0 Å². The molecule has 5 nitrogen and oxygen atoms in total. The Bertz CT molecular complexity index is 1720. The molecule has 0 bridgehead atoms. The molecule has 0 aromatic heterocycles. The molecule has 0 spiro atoms. The summed E-state index contributed by atoms with van der Waals surface area (Å²) in [5.74, 6) is 8.78. The van der Waals surface area contributed by atoms with Crippen LogP contribution in [-0.2, 0) is 43.5 Å². The highest BCUT2D eigenvalue weighted by molar-refractivity contribution is 5.26. The van der Waals surface area contributed by atoms with E-state index in [1.54, 1.807) is 0 Å². The third-order valence-electron chi connectivity index (χ3n) is 11.2.